The van der Waals surface area contributed by atoms with E-state index in [0.717, 1.165) is 11.0 Å². The van der Waals surface area contributed by atoms with E-state index in [-0.39, 0.29) is 12.1 Å². The molecule has 0 atom stereocenters. The first-order chi connectivity index (χ1) is 14.2. The molecule has 0 saturated carbocycles. The standard InChI is InChI=1S/C21H18N6OS/c1-26-18(13-15-7-3-2-4-8-15)24-25-21(26)29-14-19-23-17-10-6-5-9-16(17)20(28)27(19)12-11-22/h2-10H,12-14H2,1H3. The lowest BCUT2D eigenvalue weighted by Crippen LogP contribution is -2.24. The van der Waals surface area contributed by atoms with Crippen LogP contribution in [0.4, 0.5) is 0 Å². The van der Waals surface area contributed by atoms with Gasteiger partial charge in [0.05, 0.1) is 22.7 Å². The monoisotopic (exact) mass is 402 g/mol. The molecule has 4 aromatic rings. The number of thioether (sulfide) groups is 1. The first-order valence-electron chi connectivity index (χ1n) is 9.08. The van der Waals surface area contributed by atoms with E-state index >= 15 is 0 Å². The Bertz CT molecular complexity index is 1260. The summed E-state index contributed by atoms with van der Waals surface area (Å²) in [5.41, 5.74) is 1.60. The molecule has 144 valence electrons. The fourth-order valence-corrected chi connectivity index (χ4v) is 3.97. The third-order valence-electron chi connectivity index (χ3n) is 4.63. The molecule has 0 radical (unpaired) electrons. The smallest absolute Gasteiger partial charge is 0.262 e. The highest BCUT2D eigenvalue weighted by Crippen LogP contribution is 2.22. The molecule has 0 bridgehead atoms. The van der Waals surface area contributed by atoms with Crippen LogP contribution in [0.3, 0.4) is 0 Å². The zero-order valence-corrected chi connectivity index (χ0v) is 16.6. The highest BCUT2D eigenvalue weighted by Gasteiger charge is 2.14. The summed E-state index contributed by atoms with van der Waals surface area (Å²) < 4.78 is 3.38. The van der Waals surface area contributed by atoms with Crippen molar-refractivity contribution in [3.05, 3.63) is 82.2 Å². The van der Waals surface area contributed by atoms with Gasteiger partial charge >= 0.3 is 0 Å². The van der Waals surface area contributed by atoms with Crippen LogP contribution in [0.25, 0.3) is 10.9 Å². The molecule has 0 aliphatic rings. The van der Waals surface area contributed by atoms with Crippen molar-refractivity contribution in [1.29, 1.82) is 5.26 Å². The number of benzene rings is 2. The third kappa shape index (κ3) is 3.91. The van der Waals surface area contributed by atoms with Gasteiger partial charge < -0.3 is 4.57 Å². The second-order valence-corrected chi connectivity index (χ2v) is 7.45. The van der Waals surface area contributed by atoms with Gasteiger partial charge in [0.15, 0.2) is 5.16 Å². The normalized spacial score (nSPS) is 10.9. The average Bonchev–Trinajstić information content (AvgIpc) is 3.09. The van der Waals surface area contributed by atoms with Crippen LogP contribution >= 0.6 is 11.8 Å². The van der Waals surface area contributed by atoms with Crippen LogP contribution in [0.1, 0.15) is 17.2 Å². The number of hydrogen-bond donors (Lipinski definition) is 0. The SMILES string of the molecule is Cn1c(Cc2ccccc2)nnc1SCc1nc2ccccc2c(=O)n1CC#N. The van der Waals surface area contributed by atoms with Crippen LogP contribution in [-0.2, 0) is 25.8 Å². The summed E-state index contributed by atoms with van der Waals surface area (Å²) in [5.74, 6) is 1.83. The second-order valence-electron chi connectivity index (χ2n) is 6.50. The van der Waals surface area contributed by atoms with Gasteiger partial charge in [-0.1, -0.05) is 54.2 Å². The molecule has 0 amide bonds. The highest BCUT2D eigenvalue weighted by atomic mass is 32.2. The van der Waals surface area contributed by atoms with E-state index in [0.29, 0.717) is 28.9 Å². The summed E-state index contributed by atoms with van der Waals surface area (Å²) >= 11 is 1.45. The van der Waals surface area contributed by atoms with Crippen molar-refractivity contribution >= 4 is 22.7 Å². The molecule has 0 unspecified atom stereocenters. The molecule has 0 aliphatic carbocycles. The van der Waals surface area contributed by atoms with Crippen LogP contribution in [0.15, 0.2) is 64.5 Å². The molecular weight excluding hydrogens is 384 g/mol. The lowest BCUT2D eigenvalue weighted by Gasteiger charge is -2.10. The molecule has 0 spiro atoms. The van der Waals surface area contributed by atoms with Crippen molar-refractivity contribution in [2.24, 2.45) is 7.05 Å². The van der Waals surface area contributed by atoms with E-state index in [9.17, 15) is 4.79 Å². The Kier molecular flexibility index (Phi) is 5.40. The maximum Gasteiger partial charge on any atom is 0.262 e. The van der Waals surface area contributed by atoms with Crippen LogP contribution in [0.5, 0.6) is 0 Å². The van der Waals surface area contributed by atoms with E-state index in [1.54, 1.807) is 12.1 Å². The molecule has 0 saturated heterocycles. The van der Waals surface area contributed by atoms with Gasteiger partial charge in [0.2, 0.25) is 0 Å². The summed E-state index contributed by atoms with van der Waals surface area (Å²) in [6, 6.07) is 19.3. The minimum Gasteiger partial charge on any atom is -0.309 e. The van der Waals surface area contributed by atoms with Crippen LogP contribution in [0, 0.1) is 11.3 Å². The van der Waals surface area contributed by atoms with Crippen LogP contribution < -0.4 is 5.56 Å². The van der Waals surface area contributed by atoms with E-state index in [1.165, 1.54) is 21.9 Å². The summed E-state index contributed by atoms with van der Waals surface area (Å²) in [7, 11) is 1.93. The molecule has 7 nitrogen and oxygen atoms in total. The fraction of sp³-hybridized carbons (Fsp3) is 0.190. The fourth-order valence-electron chi connectivity index (χ4n) is 3.09. The van der Waals surface area contributed by atoms with Gasteiger partial charge in [-0.15, -0.1) is 10.2 Å². The molecule has 2 aromatic carbocycles. The second kappa shape index (κ2) is 8.29. The number of para-hydroxylation sites is 1. The number of aromatic nitrogens is 5. The van der Waals surface area contributed by atoms with Crippen molar-refractivity contribution in [1.82, 2.24) is 24.3 Å². The first kappa shape index (κ1) is 18.9. The Labute approximate surface area is 171 Å². The zero-order chi connectivity index (χ0) is 20.2. The lowest BCUT2D eigenvalue weighted by molar-refractivity contribution is 0.724. The van der Waals surface area contributed by atoms with Gasteiger partial charge in [0.25, 0.3) is 5.56 Å². The minimum atomic E-state index is -0.199. The van der Waals surface area contributed by atoms with Gasteiger partial charge in [-0.2, -0.15) is 5.26 Å². The molecule has 0 N–H and O–H groups in total. The van der Waals surface area contributed by atoms with Crippen molar-refractivity contribution in [2.45, 2.75) is 23.9 Å². The molecule has 2 aromatic heterocycles. The van der Waals surface area contributed by atoms with E-state index in [2.05, 4.69) is 33.4 Å². The predicted molar refractivity (Wildman–Crippen MR) is 111 cm³/mol. The Morgan fingerprint density at radius 2 is 1.79 bits per heavy atom. The Hall–Kier alpha value is -3.44. The predicted octanol–water partition coefficient (Wildman–Crippen LogP) is 2.93. The Morgan fingerprint density at radius 1 is 1.03 bits per heavy atom. The molecule has 29 heavy (non-hydrogen) atoms. The van der Waals surface area contributed by atoms with Crippen molar-refractivity contribution in [3.8, 4) is 6.07 Å². The number of rotatable bonds is 6. The summed E-state index contributed by atoms with van der Waals surface area (Å²) in [6.45, 7) is -0.0371. The number of nitriles is 1. The largest absolute Gasteiger partial charge is 0.309 e. The number of fused-ring (bicyclic) bond motifs is 1. The highest BCUT2D eigenvalue weighted by molar-refractivity contribution is 7.98. The van der Waals surface area contributed by atoms with Gasteiger partial charge in [-0.3, -0.25) is 9.36 Å². The average molecular weight is 402 g/mol. The van der Waals surface area contributed by atoms with Crippen LogP contribution in [0.2, 0.25) is 0 Å². The zero-order valence-electron chi connectivity index (χ0n) is 15.8. The maximum absolute atomic E-state index is 12.8. The summed E-state index contributed by atoms with van der Waals surface area (Å²) in [6.07, 6.45) is 0.693. The van der Waals surface area contributed by atoms with Gasteiger partial charge in [0.1, 0.15) is 18.2 Å². The molecule has 4 rings (SSSR count). The topological polar surface area (TPSA) is 89.4 Å². The molecule has 2 heterocycles. The van der Waals surface area contributed by atoms with Crippen molar-refractivity contribution in [3.63, 3.8) is 0 Å². The summed E-state index contributed by atoms with van der Waals surface area (Å²) in [5, 5.41) is 19.0. The lowest BCUT2D eigenvalue weighted by atomic mass is 10.1. The maximum atomic E-state index is 12.8. The van der Waals surface area contributed by atoms with E-state index in [4.69, 9.17) is 5.26 Å². The van der Waals surface area contributed by atoms with E-state index < -0.39 is 0 Å². The molecular formula is C21H18N6OS. The minimum absolute atomic E-state index is 0.0371. The Morgan fingerprint density at radius 3 is 2.59 bits per heavy atom. The Balaban J connectivity index is 1.59. The molecule has 0 aliphatic heterocycles. The van der Waals surface area contributed by atoms with Crippen LogP contribution in [-0.4, -0.2) is 24.3 Å². The van der Waals surface area contributed by atoms with Crippen molar-refractivity contribution in [2.75, 3.05) is 0 Å². The first-order valence-corrected chi connectivity index (χ1v) is 10.1. The molecule has 0 fully saturated rings. The number of nitrogens with zero attached hydrogens (tertiary/aromatic N) is 6. The van der Waals surface area contributed by atoms with Gasteiger partial charge in [-0.05, 0) is 17.7 Å². The summed E-state index contributed by atoms with van der Waals surface area (Å²) in [4.78, 5) is 17.4. The quantitative estimate of drug-likeness (QED) is 0.461. The number of hydrogen-bond acceptors (Lipinski definition) is 6. The molecule has 8 heteroatoms. The van der Waals surface area contributed by atoms with Crippen molar-refractivity contribution < 1.29 is 0 Å². The van der Waals surface area contributed by atoms with E-state index in [1.807, 2.05) is 41.9 Å². The van der Waals surface area contributed by atoms with Gasteiger partial charge in [0, 0.05) is 13.5 Å². The third-order valence-corrected chi connectivity index (χ3v) is 5.65. The van der Waals surface area contributed by atoms with Gasteiger partial charge in [-0.25, -0.2) is 4.98 Å².